The number of benzene rings is 1. The summed E-state index contributed by atoms with van der Waals surface area (Å²) < 4.78 is 0. The van der Waals surface area contributed by atoms with Crippen molar-refractivity contribution in [2.45, 2.75) is 19.4 Å². The van der Waals surface area contributed by atoms with Crippen LogP contribution in [-0.4, -0.2) is 40.0 Å². The molecule has 0 bridgehead atoms. The first-order valence-corrected chi connectivity index (χ1v) is 6.41. The molecule has 1 heterocycles. The molecule has 1 aromatic carbocycles. The van der Waals surface area contributed by atoms with Gasteiger partial charge in [-0.05, 0) is 18.4 Å². The first-order chi connectivity index (χ1) is 9.40. The summed E-state index contributed by atoms with van der Waals surface area (Å²) in [5.41, 5.74) is 5.87. The van der Waals surface area contributed by atoms with E-state index in [9.17, 15) is 20.0 Å². The number of hydrogen-bond donors (Lipinski definition) is 2. The normalized spacial score (nSPS) is 22.6. The van der Waals surface area contributed by atoms with Crippen molar-refractivity contribution in [3.8, 4) is 0 Å². The molecular weight excluding hydrogens is 262 g/mol. The lowest BCUT2D eigenvalue weighted by molar-refractivity contribution is -0.384. The highest BCUT2D eigenvalue weighted by atomic mass is 16.6. The first-order valence-electron chi connectivity index (χ1n) is 6.41. The van der Waals surface area contributed by atoms with Gasteiger partial charge >= 0.3 is 0 Å². The monoisotopic (exact) mass is 279 g/mol. The number of nitrogens with two attached hydrogens (primary N) is 1. The number of piperidine rings is 1. The average molecular weight is 279 g/mol. The van der Waals surface area contributed by atoms with Crippen LogP contribution < -0.4 is 5.73 Å². The molecule has 1 aromatic rings. The average Bonchev–Trinajstić information content (AvgIpc) is 2.41. The van der Waals surface area contributed by atoms with Crippen LogP contribution in [0.25, 0.3) is 0 Å². The lowest BCUT2D eigenvalue weighted by Crippen LogP contribution is -2.46. The van der Waals surface area contributed by atoms with Crippen molar-refractivity contribution in [1.82, 2.24) is 4.90 Å². The van der Waals surface area contributed by atoms with Crippen LogP contribution in [0.5, 0.6) is 0 Å². The molecule has 7 heteroatoms. The van der Waals surface area contributed by atoms with Crippen LogP contribution in [-0.2, 0) is 0 Å². The second-order valence-corrected chi connectivity index (χ2v) is 5.11. The highest BCUT2D eigenvalue weighted by Crippen LogP contribution is 2.24. The van der Waals surface area contributed by atoms with E-state index in [4.69, 9.17) is 5.73 Å². The van der Waals surface area contributed by atoms with Crippen LogP contribution in [0.4, 0.5) is 11.4 Å². The number of β-amino-alcohol motifs (C(OH)–C–C–N with tert-alkyl or cyclic N) is 1. The third kappa shape index (κ3) is 2.72. The van der Waals surface area contributed by atoms with Crippen molar-refractivity contribution in [2.24, 2.45) is 5.92 Å². The van der Waals surface area contributed by atoms with E-state index < -0.39 is 11.0 Å². The number of non-ortho nitro benzene ring substituents is 1. The number of carbonyl (C=O) groups is 1. The summed E-state index contributed by atoms with van der Waals surface area (Å²) in [7, 11) is 0. The third-order valence-corrected chi connectivity index (χ3v) is 3.68. The van der Waals surface area contributed by atoms with Gasteiger partial charge in [-0.25, -0.2) is 0 Å². The van der Waals surface area contributed by atoms with Crippen LogP contribution in [0.1, 0.15) is 23.7 Å². The van der Waals surface area contributed by atoms with E-state index in [1.807, 2.05) is 6.92 Å². The number of nitrogens with zero attached hydrogens (tertiary/aromatic N) is 2. The van der Waals surface area contributed by atoms with Gasteiger partial charge in [0.2, 0.25) is 0 Å². The first kappa shape index (κ1) is 14.3. The van der Waals surface area contributed by atoms with Gasteiger partial charge in [0.25, 0.3) is 11.6 Å². The standard InChI is InChI=1S/C13H17N3O4/c1-8-4-5-15(7-12(8)17)13(18)10-6-9(16(19)20)2-3-11(10)14/h2-3,6,8,12,17H,4-5,7,14H2,1H3. The number of aliphatic hydroxyl groups is 1. The molecule has 1 aliphatic heterocycles. The fourth-order valence-corrected chi connectivity index (χ4v) is 2.25. The Kier molecular flexibility index (Phi) is 3.89. The summed E-state index contributed by atoms with van der Waals surface area (Å²) in [5, 5.41) is 20.6. The number of nitro benzene ring substituents is 1. The molecule has 7 nitrogen and oxygen atoms in total. The maximum atomic E-state index is 12.4. The molecule has 2 atom stereocenters. The molecule has 1 aliphatic rings. The summed E-state index contributed by atoms with van der Waals surface area (Å²) in [6.07, 6.45) is 0.120. The number of hydrogen-bond acceptors (Lipinski definition) is 5. The van der Waals surface area contributed by atoms with Crippen LogP contribution in [0.3, 0.4) is 0 Å². The second kappa shape index (κ2) is 5.46. The summed E-state index contributed by atoms with van der Waals surface area (Å²) in [6.45, 7) is 2.66. The fraction of sp³-hybridized carbons (Fsp3) is 0.462. The van der Waals surface area contributed by atoms with Gasteiger partial charge in [-0.3, -0.25) is 14.9 Å². The maximum Gasteiger partial charge on any atom is 0.270 e. The van der Waals surface area contributed by atoms with E-state index in [-0.39, 0.29) is 35.3 Å². The van der Waals surface area contributed by atoms with E-state index in [2.05, 4.69) is 0 Å². The predicted octanol–water partition coefficient (Wildman–Crippen LogP) is 1.02. The van der Waals surface area contributed by atoms with Crippen LogP contribution in [0.15, 0.2) is 18.2 Å². The number of likely N-dealkylation sites (tertiary alicyclic amines) is 1. The van der Waals surface area contributed by atoms with E-state index in [1.165, 1.54) is 23.1 Å². The molecule has 20 heavy (non-hydrogen) atoms. The van der Waals surface area contributed by atoms with Crippen molar-refractivity contribution in [2.75, 3.05) is 18.8 Å². The number of rotatable bonds is 2. The van der Waals surface area contributed by atoms with Crippen molar-refractivity contribution in [1.29, 1.82) is 0 Å². The Morgan fingerprint density at radius 3 is 2.85 bits per heavy atom. The molecule has 1 saturated heterocycles. The van der Waals surface area contributed by atoms with Crippen molar-refractivity contribution >= 4 is 17.3 Å². The number of nitro groups is 1. The number of anilines is 1. The van der Waals surface area contributed by atoms with E-state index >= 15 is 0 Å². The Morgan fingerprint density at radius 1 is 1.55 bits per heavy atom. The molecule has 0 saturated carbocycles. The van der Waals surface area contributed by atoms with Gasteiger partial charge in [0.1, 0.15) is 0 Å². The summed E-state index contributed by atoms with van der Waals surface area (Å²) in [6, 6.07) is 3.80. The van der Waals surface area contributed by atoms with Crippen LogP contribution in [0, 0.1) is 16.0 Å². The van der Waals surface area contributed by atoms with Gasteiger partial charge < -0.3 is 15.7 Å². The molecule has 1 amide bonds. The minimum atomic E-state index is -0.576. The fourth-order valence-electron chi connectivity index (χ4n) is 2.25. The zero-order valence-corrected chi connectivity index (χ0v) is 11.2. The van der Waals surface area contributed by atoms with E-state index in [1.54, 1.807) is 0 Å². The Bertz CT molecular complexity index is 546. The molecule has 0 radical (unpaired) electrons. The summed E-state index contributed by atoms with van der Waals surface area (Å²) in [4.78, 5) is 24.0. The summed E-state index contributed by atoms with van der Waals surface area (Å²) >= 11 is 0. The van der Waals surface area contributed by atoms with Crippen LogP contribution >= 0.6 is 0 Å². The maximum absolute atomic E-state index is 12.4. The molecule has 1 fully saturated rings. The predicted molar refractivity (Wildman–Crippen MR) is 73.2 cm³/mol. The number of carbonyl (C=O) groups excluding carboxylic acids is 1. The third-order valence-electron chi connectivity index (χ3n) is 3.68. The largest absolute Gasteiger partial charge is 0.398 e. The molecule has 108 valence electrons. The molecular formula is C13H17N3O4. The SMILES string of the molecule is CC1CCN(C(=O)c2cc([N+](=O)[O-])ccc2N)CC1O. The minimum absolute atomic E-state index is 0.112. The molecule has 2 unspecified atom stereocenters. The molecule has 0 spiro atoms. The lowest BCUT2D eigenvalue weighted by atomic mass is 9.95. The summed E-state index contributed by atoms with van der Waals surface area (Å²) in [5.74, 6) is -0.237. The number of amides is 1. The van der Waals surface area contributed by atoms with E-state index in [0.29, 0.717) is 13.0 Å². The van der Waals surface area contributed by atoms with Gasteiger partial charge in [-0.2, -0.15) is 0 Å². The molecule has 2 rings (SSSR count). The quantitative estimate of drug-likeness (QED) is 0.477. The van der Waals surface area contributed by atoms with Gasteiger partial charge in [0.15, 0.2) is 0 Å². The second-order valence-electron chi connectivity index (χ2n) is 5.11. The topological polar surface area (TPSA) is 110 Å². The van der Waals surface area contributed by atoms with Crippen molar-refractivity contribution in [3.63, 3.8) is 0 Å². The van der Waals surface area contributed by atoms with E-state index in [0.717, 1.165) is 0 Å². The Labute approximate surface area is 116 Å². The highest BCUT2D eigenvalue weighted by molar-refractivity contribution is 5.99. The molecule has 0 aromatic heterocycles. The van der Waals surface area contributed by atoms with Crippen molar-refractivity contribution in [3.05, 3.63) is 33.9 Å². The van der Waals surface area contributed by atoms with Gasteiger partial charge in [-0.1, -0.05) is 6.92 Å². The Balaban J connectivity index is 2.25. The number of aliphatic hydroxyl groups excluding tert-OH is 1. The lowest BCUT2D eigenvalue weighted by Gasteiger charge is -2.34. The Hall–Kier alpha value is -2.15. The molecule has 0 aliphatic carbocycles. The Morgan fingerprint density at radius 2 is 2.25 bits per heavy atom. The molecule has 3 N–H and O–H groups in total. The zero-order valence-electron chi connectivity index (χ0n) is 11.2. The smallest absolute Gasteiger partial charge is 0.270 e. The minimum Gasteiger partial charge on any atom is -0.398 e. The zero-order chi connectivity index (χ0) is 14.9. The van der Waals surface area contributed by atoms with Gasteiger partial charge in [0.05, 0.1) is 16.6 Å². The number of nitrogen functional groups attached to an aromatic ring is 1. The highest BCUT2D eigenvalue weighted by Gasteiger charge is 2.29. The van der Waals surface area contributed by atoms with Crippen molar-refractivity contribution < 1.29 is 14.8 Å². The van der Waals surface area contributed by atoms with Crippen LogP contribution in [0.2, 0.25) is 0 Å². The van der Waals surface area contributed by atoms with Gasteiger partial charge in [-0.15, -0.1) is 0 Å². The van der Waals surface area contributed by atoms with Gasteiger partial charge in [0, 0.05) is 30.9 Å².